The first-order valence-electron chi connectivity index (χ1n) is 6.94. The van der Waals surface area contributed by atoms with Crippen LogP contribution in [0.2, 0.25) is 0 Å². The van der Waals surface area contributed by atoms with Crippen LogP contribution in [0, 0.1) is 5.41 Å². The zero-order chi connectivity index (χ0) is 13.6. The van der Waals surface area contributed by atoms with Crippen LogP contribution in [0.25, 0.3) is 0 Å². The standard InChI is InChI=1S/C16H28N2/c1-13(2)15-7-5-14(6-8-15)9-10-18-12-16(3,4)11-17/h5-8,13,18H,9-12,17H2,1-4H3. The van der Waals surface area contributed by atoms with E-state index in [1.54, 1.807) is 0 Å². The number of nitrogens with one attached hydrogen (secondary N) is 1. The average molecular weight is 248 g/mol. The molecule has 102 valence electrons. The van der Waals surface area contributed by atoms with Gasteiger partial charge >= 0.3 is 0 Å². The van der Waals surface area contributed by atoms with Crippen LogP contribution in [-0.4, -0.2) is 19.6 Å². The van der Waals surface area contributed by atoms with Crippen LogP contribution in [0.4, 0.5) is 0 Å². The van der Waals surface area contributed by atoms with Crippen LogP contribution < -0.4 is 11.1 Å². The van der Waals surface area contributed by atoms with Gasteiger partial charge in [-0.15, -0.1) is 0 Å². The number of rotatable bonds is 7. The molecule has 2 nitrogen and oxygen atoms in total. The van der Waals surface area contributed by atoms with Crippen molar-refractivity contribution in [1.29, 1.82) is 0 Å². The lowest BCUT2D eigenvalue weighted by Gasteiger charge is -2.22. The van der Waals surface area contributed by atoms with E-state index in [2.05, 4.69) is 57.3 Å². The summed E-state index contributed by atoms with van der Waals surface area (Å²) in [4.78, 5) is 0. The molecule has 0 fully saturated rings. The normalized spacial score (nSPS) is 12.1. The molecule has 0 atom stereocenters. The first kappa shape index (κ1) is 15.2. The Morgan fingerprint density at radius 1 is 1.17 bits per heavy atom. The molecule has 3 N–H and O–H groups in total. The van der Waals surface area contributed by atoms with Gasteiger partial charge < -0.3 is 11.1 Å². The van der Waals surface area contributed by atoms with Crippen molar-refractivity contribution in [2.45, 2.75) is 40.0 Å². The first-order chi connectivity index (χ1) is 8.44. The molecule has 1 aromatic rings. The van der Waals surface area contributed by atoms with E-state index in [-0.39, 0.29) is 5.41 Å². The molecular formula is C16H28N2. The summed E-state index contributed by atoms with van der Waals surface area (Å²) in [5, 5.41) is 3.48. The summed E-state index contributed by atoms with van der Waals surface area (Å²) in [6.07, 6.45) is 1.08. The first-order valence-corrected chi connectivity index (χ1v) is 6.94. The Hall–Kier alpha value is -0.860. The molecule has 1 aromatic carbocycles. The van der Waals surface area contributed by atoms with Gasteiger partial charge in [-0.3, -0.25) is 0 Å². The third kappa shape index (κ3) is 5.19. The van der Waals surface area contributed by atoms with Crippen molar-refractivity contribution in [3.8, 4) is 0 Å². The Labute approximate surface area is 112 Å². The molecule has 0 bridgehead atoms. The lowest BCUT2D eigenvalue weighted by molar-refractivity contribution is 0.353. The van der Waals surface area contributed by atoms with E-state index in [4.69, 9.17) is 5.73 Å². The van der Waals surface area contributed by atoms with Gasteiger partial charge in [0.15, 0.2) is 0 Å². The van der Waals surface area contributed by atoms with Crippen molar-refractivity contribution in [3.05, 3.63) is 35.4 Å². The summed E-state index contributed by atoms with van der Waals surface area (Å²) in [5.41, 5.74) is 8.71. The molecule has 0 aliphatic heterocycles. The molecular weight excluding hydrogens is 220 g/mol. The smallest absolute Gasteiger partial charge is 0.00147 e. The summed E-state index contributed by atoms with van der Waals surface area (Å²) in [6.45, 7) is 11.6. The predicted octanol–water partition coefficient (Wildman–Crippen LogP) is 2.93. The second-order valence-corrected chi connectivity index (χ2v) is 6.19. The quantitative estimate of drug-likeness (QED) is 0.728. The van der Waals surface area contributed by atoms with Crippen molar-refractivity contribution in [1.82, 2.24) is 5.32 Å². The van der Waals surface area contributed by atoms with E-state index >= 15 is 0 Å². The van der Waals surface area contributed by atoms with E-state index in [0.717, 1.165) is 26.1 Å². The van der Waals surface area contributed by atoms with E-state index < -0.39 is 0 Å². The fourth-order valence-corrected chi connectivity index (χ4v) is 1.80. The Kier molecular flexibility index (Phi) is 5.83. The van der Waals surface area contributed by atoms with E-state index in [1.807, 2.05) is 0 Å². The van der Waals surface area contributed by atoms with Gasteiger partial charge in [0, 0.05) is 6.54 Å². The predicted molar refractivity (Wildman–Crippen MR) is 79.9 cm³/mol. The average Bonchev–Trinajstić information content (AvgIpc) is 2.35. The molecule has 0 saturated heterocycles. The second kappa shape index (κ2) is 6.91. The van der Waals surface area contributed by atoms with Gasteiger partial charge in [0.2, 0.25) is 0 Å². The van der Waals surface area contributed by atoms with Crippen molar-refractivity contribution in [2.24, 2.45) is 11.1 Å². The van der Waals surface area contributed by atoms with Gasteiger partial charge in [0.05, 0.1) is 0 Å². The SMILES string of the molecule is CC(C)c1ccc(CCNCC(C)(C)CN)cc1. The van der Waals surface area contributed by atoms with E-state index in [0.29, 0.717) is 5.92 Å². The Morgan fingerprint density at radius 2 is 1.78 bits per heavy atom. The van der Waals surface area contributed by atoms with Crippen molar-refractivity contribution in [3.63, 3.8) is 0 Å². The highest BCUT2D eigenvalue weighted by atomic mass is 14.9. The third-order valence-corrected chi connectivity index (χ3v) is 3.39. The highest BCUT2D eigenvalue weighted by molar-refractivity contribution is 5.24. The molecule has 0 saturated carbocycles. The van der Waals surface area contributed by atoms with Crippen LogP contribution in [-0.2, 0) is 6.42 Å². The molecule has 0 aromatic heterocycles. The Balaban J connectivity index is 2.32. The fourth-order valence-electron chi connectivity index (χ4n) is 1.80. The zero-order valence-electron chi connectivity index (χ0n) is 12.3. The summed E-state index contributed by atoms with van der Waals surface area (Å²) in [7, 11) is 0. The third-order valence-electron chi connectivity index (χ3n) is 3.39. The molecule has 0 heterocycles. The number of nitrogens with two attached hydrogens (primary N) is 1. The van der Waals surface area contributed by atoms with Crippen LogP contribution in [0.1, 0.15) is 44.7 Å². The van der Waals surface area contributed by atoms with E-state index in [1.165, 1.54) is 11.1 Å². The van der Waals surface area contributed by atoms with Crippen molar-refractivity contribution >= 4 is 0 Å². The topological polar surface area (TPSA) is 38.0 Å². The van der Waals surface area contributed by atoms with Gasteiger partial charge in [-0.1, -0.05) is 52.0 Å². The largest absolute Gasteiger partial charge is 0.330 e. The minimum atomic E-state index is 0.196. The fraction of sp³-hybridized carbons (Fsp3) is 0.625. The molecule has 0 unspecified atom stereocenters. The second-order valence-electron chi connectivity index (χ2n) is 6.19. The van der Waals surface area contributed by atoms with Crippen LogP contribution in [0.3, 0.4) is 0 Å². The lowest BCUT2D eigenvalue weighted by atomic mass is 9.94. The monoisotopic (exact) mass is 248 g/mol. The maximum Gasteiger partial charge on any atom is 0.00147 e. The number of hydrogen-bond donors (Lipinski definition) is 2. The van der Waals surface area contributed by atoms with Gasteiger partial charge in [-0.2, -0.15) is 0 Å². The lowest BCUT2D eigenvalue weighted by Crippen LogP contribution is -2.36. The van der Waals surface area contributed by atoms with Crippen molar-refractivity contribution < 1.29 is 0 Å². The Bertz CT molecular complexity index is 339. The maximum atomic E-state index is 5.70. The molecule has 18 heavy (non-hydrogen) atoms. The molecule has 0 spiro atoms. The summed E-state index contributed by atoms with van der Waals surface area (Å²) in [5.74, 6) is 0.613. The highest BCUT2D eigenvalue weighted by Crippen LogP contribution is 2.15. The minimum absolute atomic E-state index is 0.196. The summed E-state index contributed by atoms with van der Waals surface area (Å²) >= 11 is 0. The maximum absolute atomic E-state index is 5.70. The summed E-state index contributed by atoms with van der Waals surface area (Å²) in [6, 6.07) is 8.96. The van der Waals surface area contributed by atoms with Crippen LogP contribution >= 0.6 is 0 Å². The number of hydrogen-bond acceptors (Lipinski definition) is 2. The molecule has 0 amide bonds. The molecule has 2 heteroatoms. The molecule has 0 aliphatic rings. The van der Waals surface area contributed by atoms with Crippen LogP contribution in [0.15, 0.2) is 24.3 Å². The summed E-state index contributed by atoms with van der Waals surface area (Å²) < 4.78 is 0. The van der Waals surface area contributed by atoms with Crippen molar-refractivity contribution in [2.75, 3.05) is 19.6 Å². The molecule has 0 aliphatic carbocycles. The minimum Gasteiger partial charge on any atom is -0.330 e. The molecule has 0 radical (unpaired) electrons. The van der Waals surface area contributed by atoms with Gasteiger partial charge in [0.1, 0.15) is 0 Å². The molecule has 1 rings (SSSR count). The Morgan fingerprint density at radius 3 is 2.28 bits per heavy atom. The number of benzene rings is 1. The van der Waals surface area contributed by atoms with Gasteiger partial charge in [0.25, 0.3) is 0 Å². The zero-order valence-corrected chi connectivity index (χ0v) is 12.3. The van der Waals surface area contributed by atoms with Gasteiger partial charge in [-0.25, -0.2) is 0 Å². The van der Waals surface area contributed by atoms with E-state index in [9.17, 15) is 0 Å². The van der Waals surface area contributed by atoms with Gasteiger partial charge in [-0.05, 0) is 42.0 Å². The van der Waals surface area contributed by atoms with Crippen LogP contribution in [0.5, 0.6) is 0 Å². The highest BCUT2D eigenvalue weighted by Gasteiger charge is 2.13.